The molecule has 0 amide bonds. The molecule has 4 rings (SSSR count). The number of morpholine rings is 1. The molecule has 0 aromatic heterocycles. The third-order valence-electron chi connectivity index (χ3n) is 6.19. The van der Waals surface area contributed by atoms with Crippen molar-refractivity contribution in [3.05, 3.63) is 35.9 Å². The van der Waals surface area contributed by atoms with Crippen molar-refractivity contribution in [3.8, 4) is 0 Å². The molecule has 144 valence electrons. The molecule has 0 unspecified atom stereocenters. The number of hydrogen-bond acceptors (Lipinski definition) is 4. The van der Waals surface area contributed by atoms with E-state index in [-0.39, 0.29) is 5.54 Å². The monoisotopic (exact) mass is 379 g/mol. The average Bonchev–Trinajstić information content (AvgIpc) is 3.25. The summed E-state index contributed by atoms with van der Waals surface area (Å²) in [4.78, 5) is 2.60. The largest absolute Gasteiger partial charge is 0.379 e. The van der Waals surface area contributed by atoms with E-state index in [9.17, 15) is 8.42 Å². The molecule has 0 aliphatic carbocycles. The van der Waals surface area contributed by atoms with E-state index in [1.54, 1.807) is 8.61 Å². The highest BCUT2D eigenvalue weighted by molar-refractivity contribution is 7.86. The minimum Gasteiger partial charge on any atom is -0.379 e. The molecule has 1 aromatic carbocycles. The normalized spacial score (nSPS) is 26.2. The van der Waals surface area contributed by atoms with Gasteiger partial charge in [-0.05, 0) is 44.3 Å². The lowest BCUT2D eigenvalue weighted by molar-refractivity contribution is 0.0487. The molecular formula is C19H29N3O3S. The smallest absolute Gasteiger partial charge is 0.282 e. The van der Waals surface area contributed by atoms with Crippen molar-refractivity contribution in [2.45, 2.75) is 31.2 Å². The first kappa shape index (κ1) is 18.4. The lowest BCUT2D eigenvalue weighted by atomic mass is 9.80. The van der Waals surface area contributed by atoms with Crippen molar-refractivity contribution < 1.29 is 13.2 Å². The Morgan fingerprint density at radius 3 is 2.00 bits per heavy atom. The van der Waals surface area contributed by atoms with Gasteiger partial charge in [-0.1, -0.05) is 30.3 Å². The molecule has 6 nitrogen and oxygen atoms in total. The zero-order chi connectivity index (χ0) is 18.0. The van der Waals surface area contributed by atoms with Gasteiger partial charge < -0.3 is 4.74 Å². The molecule has 26 heavy (non-hydrogen) atoms. The van der Waals surface area contributed by atoms with Crippen molar-refractivity contribution >= 4 is 10.2 Å². The highest BCUT2D eigenvalue weighted by Crippen LogP contribution is 2.41. The highest BCUT2D eigenvalue weighted by Gasteiger charge is 2.45. The Hall–Kier alpha value is -0.990. The fourth-order valence-electron chi connectivity index (χ4n) is 4.71. The van der Waals surface area contributed by atoms with Gasteiger partial charge in [-0.15, -0.1) is 0 Å². The average molecular weight is 380 g/mol. The van der Waals surface area contributed by atoms with Gasteiger partial charge in [0.1, 0.15) is 0 Å². The van der Waals surface area contributed by atoms with Gasteiger partial charge in [0, 0.05) is 31.7 Å². The molecule has 3 heterocycles. The Bertz CT molecular complexity index is 690. The van der Waals surface area contributed by atoms with Crippen molar-refractivity contribution in [1.82, 2.24) is 13.5 Å². The van der Waals surface area contributed by atoms with Crippen molar-refractivity contribution in [1.29, 1.82) is 0 Å². The summed E-state index contributed by atoms with van der Waals surface area (Å²) in [6.07, 6.45) is 4.20. The first-order valence-corrected chi connectivity index (χ1v) is 11.2. The van der Waals surface area contributed by atoms with Gasteiger partial charge in [-0.3, -0.25) is 4.90 Å². The fraction of sp³-hybridized carbons (Fsp3) is 0.684. The Balaban J connectivity index is 1.54. The number of piperidine rings is 1. The third-order valence-corrected chi connectivity index (χ3v) is 8.23. The number of ether oxygens (including phenoxy) is 1. The molecule has 3 aliphatic heterocycles. The first-order valence-electron chi connectivity index (χ1n) is 9.76. The minimum atomic E-state index is -3.37. The zero-order valence-corrected chi connectivity index (χ0v) is 16.2. The van der Waals surface area contributed by atoms with E-state index < -0.39 is 10.2 Å². The molecule has 1 aromatic rings. The number of likely N-dealkylation sites (tertiary alicyclic amines) is 1. The molecular weight excluding hydrogens is 350 g/mol. The lowest BCUT2D eigenvalue weighted by Crippen LogP contribution is -2.56. The summed E-state index contributed by atoms with van der Waals surface area (Å²) in [6.45, 7) is 5.33. The first-order chi connectivity index (χ1) is 12.6. The van der Waals surface area contributed by atoms with E-state index in [2.05, 4.69) is 35.2 Å². The van der Waals surface area contributed by atoms with Crippen LogP contribution in [0, 0.1) is 0 Å². The maximum atomic E-state index is 13.0. The van der Waals surface area contributed by atoms with Crippen molar-refractivity contribution in [3.63, 3.8) is 0 Å². The summed E-state index contributed by atoms with van der Waals surface area (Å²) in [7, 11) is -3.37. The van der Waals surface area contributed by atoms with E-state index in [0.29, 0.717) is 39.4 Å². The van der Waals surface area contributed by atoms with Gasteiger partial charge in [0.2, 0.25) is 0 Å². The Kier molecular flexibility index (Phi) is 5.34. The van der Waals surface area contributed by atoms with Crippen LogP contribution >= 0.6 is 0 Å². The Morgan fingerprint density at radius 1 is 0.808 bits per heavy atom. The summed E-state index contributed by atoms with van der Waals surface area (Å²) < 4.78 is 34.6. The van der Waals surface area contributed by atoms with Crippen molar-refractivity contribution in [2.75, 3.05) is 52.5 Å². The quantitative estimate of drug-likeness (QED) is 0.798. The van der Waals surface area contributed by atoms with Crippen LogP contribution in [0.2, 0.25) is 0 Å². The predicted octanol–water partition coefficient (Wildman–Crippen LogP) is 1.65. The van der Waals surface area contributed by atoms with E-state index >= 15 is 0 Å². The van der Waals surface area contributed by atoms with Crippen LogP contribution in [-0.2, 0) is 20.5 Å². The molecule has 3 saturated heterocycles. The zero-order valence-electron chi connectivity index (χ0n) is 15.3. The Labute approximate surface area is 156 Å². The van der Waals surface area contributed by atoms with E-state index in [1.807, 2.05) is 0 Å². The van der Waals surface area contributed by atoms with Crippen LogP contribution in [0.5, 0.6) is 0 Å². The van der Waals surface area contributed by atoms with Crippen LogP contribution in [0.4, 0.5) is 0 Å². The molecule has 3 aliphatic rings. The van der Waals surface area contributed by atoms with Gasteiger partial charge in [0.15, 0.2) is 0 Å². The van der Waals surface area contributed by atoms with E-state index in [1.165, 1.54) is 18.4 Å². The van der Waals surface area contributed by atoms with Gasteiger partial charge in [0.25, 0.3) is 10.2 Å². The lowest BCUT2D eigenvalue weighted by Gasteiger charge is -2.48. The highest BCUT2D eigenvalue weighted by atomic mass is 32.2. The molecule has 7 heteroatoms. The molecule has 0 spiro atoms. The second kappa shape index (κ2) is 7.56. The molecule has 3 fully saturated rings. The summed E-state index contributed by atoms with van der Waals surface area (Å²) in [5, 5.41) is 0. The van der Waals surface area contributed by atoms with Crippen LogP contribution in [-0.4, -0.2) is 74.4 Å². The maximum Gasteiger partial charge on any atom is 0.282 e. The van der Waals surface area contributed by atoms with Gasteiger partial charge in [-0.25, -0.2) is 0 Å². The van der Waals surface area contributed by atoms with Crippen LogP contribution in [0.3, 0.4) is 0 Å². The standard InChI is InChI=1S/C19H29N3O3S/c23-26(24,22-14-16-25-17-15-22)21-12-8-19(9-13-21,20-10-4-5-11-20)18-6-2-1-3-7-18/h1-3,6-7H,4-5,8-17H2. The maximum absolute atomic E-state index is 13.0. The third kappa shape index (κ3) is 3.31. The second-order valence-corrected chi connectivity index (χ2v) is 9.44. The minimum absolute atomic E-state index is 0.0191. The summed E-state index contributed by atoms with van der Waals surface area (Å²) in [5.41, 5.74) is 1.32. The summed E-state index contributed by atoms with van der Waals surface area (Å²) in [5.74, 6) is 0. The number of benzene rings is 1. The summed E-state index contributed by atoms with van der Waals surface area (Å²) in [6, 6.07) is 10.7. The van der Waals surface area contributed by atoms with Crippen LogP contribution in [0.1, 0.15) is 31.2 Å². The van der Waals surface area contributed by atoms with Gasteiger partial charge in [0.05, 0.1) is 13.2 Å². The van der Waals surface area contributed by atoms with Crippen LogP contribution in [0.15, 0.2) is 30.3 Å². The van der Waals surface area contributed by atoms with Crippen LogP contribution in [0.25, 0.3) is 0 Å². The van der Waals surface area contributed by atoms with E-state index in [0.717, 1.165) is 25.9 Å². The topological polar surface area (TPSA) is 53.1 Å². The van der Waals surface area contributed by atoms with E-state index in [4.69, 9.17) is 4.74 Å². The SMILES string of the molecule is O=S(=O)(N1CCOCC1)N1CCC(c2ccccc2)(N2CCCC2)CC1. The predicted molar refractivity (Wildman–Crippen MR) is 101 cm³/mol. The van der Waals surface area contributed by atoms with Crippen molar-refractivity contribution in [2.24, 2.45) is 0 Å². The molecule has 0 bridgehead atoms. The number of hydrogen-bond donors (Lipinski definition) is 0. The molecule has 0 atom stereocenters. The fourth-order valence-corrected chi connectivity index (χ4v) is 6.29. The van der Waals surface area contributed by atoms with Gasteiger partial charge in [-0.2, -0.15) is 17.0 Å². The number of rotatable bonds is 4. The Morgan fingerprint density at radius 2 is 1.38 bits per heavy atom. The molecule has 0 N–H and O–H groups in total. The molecule has 0 saturated carbocycles. The number of nitrogens with zero attached hydrogens (tertiary/aromatic N) is 3. The second-order valence-electron chi connectivity index (χ2n) is 7.51. The molecule has 0 radical (unpaired) electrons. The summed E-state index contributed by atoms with van der Waals surface area (Å²) >= 11 is 0. The van der Waals surface area contributed by atoms with Crippen LogP contribution < -0.4 is 0 Å². The van der Waals surface area contributed by atoms with Gasteiger partial charge >= 0.3 is 0 Å².